The molecule has 0 atom stereocenters. The van der Waals surface area contributed by atoms with Crippen LogP contribution in [0.5, 0.6) is 0 Å². The van der Waals surface area contributed by atoms with Gasteiger partial charge in [0, 0.05) is 19.0 Å². The second-order valence-electron chi connectivity index (χ2n) is 4.56. The Bertz CT molecular complexity index is 497. The lowest BCUT2D eigenvalue weighted by atomic mass is 10.2. The molecule has 2 N–H and O–H groups in total. The van der Waals surface area contributed by atoms with Gasteiger partial charge in [-0.3, -0.25) is 0 Å². The van der Waals surface area contributed by atoms with Crippen molar-refractivity contribution in [2.75, 3.05) is 6.54 Å². The SMILES string of the molecule is Cc1ccc2nc(C(C)C)n(CCN)c2c1. The van der Waals surface area contributed by atoms with E-state index in [0.29, 0.717) is 12.5 Å². The summed E-state index contributed by atoms with van der Waals surface area (Å²) < 4.78 is 2.24. The van der Waals surface area contributed by atoms with E-state index in [1.165, 1.54) is 11.1 Å². The van der Waals surface area contributed by atoms with Gasteiger partial charge in [-0.25, -0.2) is 4.98 Å². The van der Waals surface area contributed by atoms with E-state index in [2.05, 4.69) is 48.5 Å². The van der Waals surface area contributed by atoms with Crippen molar-refractivity contribution in [3.05, 3.63) is 29.6 Å². The van der Waals surface area contributed by atoms with Crippen LogP contribution < -0.4 is 5.73 Å². The van der Waals surface area contributed by atoms with E-state index in [1.807, 2.05) is 0 Å². The van der Waals surface area contributed by atoms with Gasteiger partial charge in [0.25, 0.3) is 0 Å². The number of fused-ring (bicyclic) bond motifs is 1. The summed E-state index contributed by atoms with van der Waals surface area (Å²) in [5, 5.41) is 0. The molecule has 0 aliphatic carbocycles. The molecule has 0 spiro atoms. The fraction of sp³-hybridized carbons (Fsp3) is 0.462. The van der Waals surface area contributed by atoms with Gasteiger partial charge in [0.15, 0.2) is 0 Å². The van der Waals surface area contributed by atoms with Crippen molar-refractivity contribution in [2.45, 2.75) is 33.2 Å². The molecule has 0 aliphatic rings. The van der Waals surface area contributed by atoms with Gasteiger partial charge in [0.05, 0.1) is 11.0 Å². The molecule has 1 aromatic heterocycles. The smallest absolute Gasteiger partial charge is 0.112 e. The van der Waals surface area contributed by atoms with Gasteiger partial charge in [0.1, 0.15) is 5.82 Å². The van der Waals surface area contributed by atoms with Crippen LogP contribution in [0, 0.1) is 6.92 Å². The third kappa shape index (κ3) is 1.83. The van der Waals surface area contributed by atoms with E-state index in [4.69, 9.17) is 5.73 Å². The molecular formula is C13H19N3. The highest BCUT2D eigenvalue weighted by atomic mass is 15.1. The molecule has 0 saturated heterocycles. The van der Waals surface area contributed by atoms with Crippen molar-refractivity contribution in [3.63, 3.8) is 0 Å². The average molecular weight is 217 g/mol. The number of nitrogens with two attached hydrogens (primary N) is 1. The standard InChI is InChI=1S/C13H19N3/c1-9(2)13-15-11-5-4-10(3)8-12(11)16(13)7-6-14/h4-5,8-9H,6-7,14H2,1-3H3. The molecular weight excluding hydrogens is 198 g/mol. The molecule has 86 valence electrons. The first kappa shape index (κ1) is 11.1. The number of benzene rings is 1. The van der Waals surface area contributed by atoms with Crippen LogP contribution in [-0.4, -0.2) is 16.1 Å². The Morgan fingerprint density at radius 2 is 2.12 bits per heavy atom. The van der Waals surface area contributed by atoms with Crippen LogP contribution in [0.1, 0.15) is 31.2 Å². The average Bonchev–Trinajstić information content (AvgIpc) is 2.58. The molecule has 3 heteroatoms. The largest absolute Gasteiger partial charge is 0.329 e. The topological polar surface area (TPSA) is 43.8 Å². The van der Waals surface area contributed by atoms with Crippen molar-refractivity contribution >= 4 is 11.0 Å². The zero-order valence-electron chi connectivity index (χ0n) is 10.2. The summed E-state index contributed by atoms with van der Waals surface area (Å²) in [6.07, 6.45) is 0. The van der Waals surface area contributed by atoms with E-state index in [0.717, 1.165) is 17.9 Å². The van der Waals surface area contributed by atoms with Crippen LogP contribution in [-0.2, 0) is 6.54 Å². The number of hydrogen-bond acceptors (Lipinski definition) is 2. The number of aromatic nitrogens is 2. The lowest BCUT2D eigenvalue weighted by molar-refractivity contribution is 0.641. The normalized spacial score (nSPS) is 11.6. The summed E-state index contributed by atoms with van der Waals surface area (Å²) in [5.74, 6) is 1.56. The fourth-order valence-electron chi connectivity index (χ4n) is 2.06. The van der Waals surface area contributed by atoms with Gasteiger partial charge in [0.2, 0.25) is 0 Å². The van der Waals surface area contributed by atoms with Gasteiger partial charge in [-0.1, -0.05) is 19.9 Å². The van der Waals surface area contributed by atoms with E-state index < -0.39 is 0 Å². The number of nitrogens with zero attached hydrogens (tertiary/aromatic N) is 2. The Morgan fingerprint density at radius 1 is 1.38 bits per heavy atom. The second-order valence-corrected chi connectivity index (χ2v) is 4.56. The Kier molecular flexibility index (Phi) is 2.97. The number of aryl methyl sites for hydroxylation is 1. The number of rotatable bonds is 3. The van der Waals surface area contributed by atoms with Crippen molar-refractivity contribution in [2.24, 2.45) is 5.73 Å². The molecule has 0 radical (unpaired) electrons. The maximum absolute atomic E-state index is 5.67. The van der Waals surface area contributed by atoms with Crippen LogP contribution in [0.3, 0.4) is 0 Å². The van der Waals surface area contributed by atoms with Crippen LogP contribution in [0.25, 0.3) is 11.0 Å². The molecule has 2 aromatic rings. The molecule has 1 aromatic carbocycles. The number of hydrogen-bond donors (Lipinski definition) is 1. The third-order valence-electron chi connectivity index (χ3n) is 2.80. The summed E-state index contributed by atoms with van der Waals surface area (Å²) in [6, 6.07) is 6.37. The zero-order chi connectivity index (χ0) is 11.7. The third-order valence-corrected chi connectivity index (χ3v) is 2.80. The quantitative estimate of drug-likeness (QED) is 0.858. The minimum Gasteiger partial charge on any atom is -0.329 e. The molecule has 0 unspecified atom stereocenters. The van der Waals surface area contributed by atoms with E-state index >= 15 is 0 Å². The predicted molar refractivity (Wildman–Crippen MR) is 67.6 cm³/mol. The van der Waals surface area contributed by atoms with E-state index in [-0.39, 0.29) is 0 Å². The minimum atomic E-state index is 0.430. The molecule has 2 rings (SSSR count). The monoisotopic (exact) mass is 217 g/mol. The number of imidazole rings is 1. The molecule has 0 saturated carbocycles. The van der Waals surface area contributed by atoms with Crippen LogP contribution >= 0.6 is 0 Å². The first-order chi connectivity index (χ1) is 7.63. The highest BCUT2D eigenvalue weighted by molar-refractivity contribution is 5.77. The highest BCUT2D eigenvalue weighted by Crippen LogP contribution is 2.22. The molecule has 0 bridgehead atoms. The summed E-state index contributed by atoms with van der Waals surface area (Å²) in [4.78, 5) is 4.68. The van der Waals surface area contributed by atoms with Crippen molar-refractivity contribution in [3.8, 4) is 0 Å². The molecule has 16 heavy (non-hydrogen) atoms. The molecule has 0 amide bonds. The Morgan fingerprint density at radius 3 is 2.75 bits per heavy atom. The summed E-state index contributed by atoms with van der Waals surface area (Å²) in [7, 11) is 0. The minimum absolute atomic E-state index is 0.430. The van der Waals surface area contributed by atoms with Gasteiger partial charge < -0.3 is 10.3 Å². The predicted octanol–water partition coefficient (Wildman–Crippen LogP) is 2.43. The fourth-order valence-corrected chi connectivity index (χ4v) is 2.06. The van der Waals surface area contributed by atoms with Crippen molar-refractivity contribution in [1.82, 2.24) is 9.55 Å². The van der Waals surface area contributed by atoms with Gasteiger partial charge in [-0.2, -0.15) is 0 Å². The van der Waals surface area contributed by atoms with Crippen LogP contribution in [0.4, 0.5) is 0 Å². The zero-order valence-corrected chi connectivity index (χ0v) is 10.2. The molecule has 0 fully saturated rings. The maximum atomic E-state index is 5.67. The van der Waals surface area contributed by atoms with Crippen LogP contribution in [0.2, 0.25) is 0 Å². The maximum Gasteiger partial charge on any atom is 0.112 e. The lowest BCUT2D eigenvalue weighted by Crippen LogP contribution is -2.13. The second kappa shape index (κ2) is 4.26. The Hall–Kier alpha value is -1.35. The van der Waals surface area contributed by atoms with Gasteiger partial charge >= 0.3 is 0 Å². The summed E-state index contributed by atoms with van der Waals surface area (Å²) >= 11 is 0. The van der Waals surface area contributed by atoms with Gasteiger partial charge in [-0.15, -0.1) is 0 Å². The summed E-state index contributed by atoms with van der Waals surface area (Å²) in [5.41, 5.74) is 9.21. The van der Waals surface area contributed by atoms with Gasteiger partial charge in [-0.05, 0) is 24.6 Å². The lowest BCUT2D eigenvalue weighted by Gasteiger charge is -2.09. The first-order valence-corrected chi connectivity index (χ1v) is 5.80. The Balaban J connectivity index is 2.67. The van der Waals surface area contributed by atoms with Crippen molar-refractivity contribution < 1.29 is 0 Å². The first-order valence-electron chi connectivity index (χ1n) is 5.80. The highest BCUT2D eigenvalue weighted by Gasteiger charge is 2.12. The van der Waals surface area contributed by atoms with Crippen LogP contribution in [0.15, 0.2) is 18.2 Å². The molecule has 0 aliphatic heterocycles. The van der Waals surface area contributed by atoms with E-state index in [1.54, 1.807) is 0 Å². The summed E-state index contributed by atoms with van der Waals surface area (Å²) in [6.45, 7) is 7.93. The Labute approximate surface area is 96.3 Å². The van der Waals surface area contributed by atoms with E-state index in [9.17, 15) is 0 Å². The van der Waals surface area contributed by atoms with Crippen molar-refractivity contribution in [1.29, 1.82) is 0 Å². The molecule has 1 heterocycles. The molecule has 3 nitrogen and oxygen atoms in total.